The summed E-state index contributed by atoms with van der Waals surface area (Å²) in [6.45, 7) is 5.26. The van der Waals surface area contributed by atoms with E-state index in [0.717, 1.165) is 19.6 Å². The molecule has 3 heteroatoms. The first kappa shape index (κ1) is 13.1. The molecule has 0 aromatic heterocycles. The molecule has 0 saturated carbocycles. The first-order valence-electron chi connectivity index (χ1n) is 7.40. The minimum absolute atomic E-state index is 0.0997. The minimum atomic E-state index is 0.0997. The number of nitrogens with zero attached hydrogens (tertiary/aromatic N) is 1. The highest BCUT2D eigenvalue weighted by atomic mass is 16.5. The summed E-state index contributed by atoms with van der Waals surface area (Å²) in [7, 11) is 0. The highest BCUT2D eigenvalue weighted by Crippen LogP contribution is 2.24. The molecular weight excluding hydrogens is 236 g/mol. The third-order valence-electron chi connectivity index (χ3n) is 4.61. The molecule has 1 aromatic carbocycles. The summed E-state index contributed by atoms with van der Waals surface area (Å²) in [5.74, 6) is 0. The summed E-state index contributed by atoms with van der Waals surface area (Å²) in [4.78, 5) is 2.56. The van der Waals surface area contributed by atoms with Crippen molar-refractivity contribution in [3.63, 3.8) is 0 Å². The zero-order valence-electron chi connectivity index (χ0n) is 11.7. The van der Waals surface area contributed by atoms with Crippen molar-refractivity contribution in [2.45, 2.75) is 44.4 Å². The predicted molar refractivity (Wildman–Crippen MR) is 77.2 cm³/mol. The highest BCUT2D eigenvalue weighted by molar-refractivity contribution is 5.26. The van der Waals surface area contributed by atoms with Gasteiger partial charge >= 0.3 is 0 Å². The summed E-state index contributed by atoms with van der Waals surface area (Å²) in [5.41, 5.74) is 9.06. The molecule has 2 aliphatic heterocycles. The molecule has 19 heavy (non-hydrogen) atoms. The third kappa shape index (κ3) is 2.83. The maximum absolute atomic E-state index is 6.38. The number of aryl methyl sites for hydroxylation is 1. The quantitative estimate of drug-likeness (QED) is 0.899. The van der Waals surface area contributed by atoms with Gasteiger partial charge in [0.2, 0.25) is 0 Å². The summed E-state index contributed by atoms with van der Waals surface area (Å²) in [6.07, 6.45) is 3.71. The van der Waals surface area contributed by atoms with Crippen LogP contribution in [0.15, 0.2) is 24.3 Å². The van der Waals surface area contributed by atoms with E-state index in [1.165, 1.54) is 30.5 Å². The zero-order valence-corrected chi connectivity index (χ0v) is 11.7. The second-order valence-electron chi connectivity index (χ2n) is 5.96. The van der Waals surface area contributed by atoms with Crippen molar-refractivity contribution in [2.75, 3.05) is 19.7 Å². The Balaban J connectivity index is 1.61. The van der Waals surface area contributed by atoms with Crippen molar-refractivity contribution in [1.29, 1.82) is 0 Å². The van der Waals surface area contributed by atoms with Gasteiger partial charge in [-0.15, -0.1) is 0 Å². The minimum Gasteiger partial charge on any atom is -0.374 e. The van der Waals surface area contributed by atoms with Crippen molar-refractivity contribution in [1.82, 2.24) is 4.90 Å². The van der Waals surface area contributed by atoms with Crippen LogP contribution in [0.5, 0.6) is 0 Å². The maximum Gasteiger partial charge on any atom is 0.0856 e. The molecule has 2 N–H and O–H groups in total. The fourth-order valence-corrected chi connectivity index (χ4v) is 3.33. The molecule has 2 aliphatic rings. The van der Waals surface area contributed by atoms with E-state index in [-0.39, 0.29) is 12.1 Å². The second-order valence-corrected chi connectivity index (χ2v) is 5.96. The van der Waals surface area contributed by atoms with Crippen molar-refractivity contribution in [3.8, 4) is 0 Å². The lowest BCUT2D eigenvalue weighted by atomic mass is 9.97. The van der Waals surface area contributed by atoms with Crippen LogP contribution in [0.4, 0.5) is 0 Å². The molecule has 3 nitrogen and oxygen atoms in total. The molecule has 104 valence electrons. The van der Waals surface area contributed by atoms with E-state index in [0.29, 0.717) is 6.04 Å². The molecule has 3 rings (SSSR count). The van der Waals surface area contributed by atoms with Gasteiger partial charge in [-0.25, -0.2) is 0 Å². The van der Waals surface area contributed by atoms with Gasteiger partial charge in [-0.3, -0.25) is 4.90 Å². The average molecular weight is 260 g/mol. The van der Waals surface area contributed by atoms with Gasteiger partial charge in [0, 0.05) is 18.6 Å². The Morgan fingerprint density at radius 1 is 1.42 bits per heavy atom. The van der Waals surface area contributed by atoms with Gasteiger partial charge in [0.25, 0.3) is 0 Å². The van der Waals surface area contributed by atoms with Crippen LogP contribution in [0.2, 0.25) is 0 Å². The molecule has 2 heterocycles. The van der Waals surface area contributed by atoms with E-state index in [4.69, 9.17) is 10.5 Å². The Bertz CT molecular complexity index is 435. The lowest BCUT2D eigenvalue weighted by Crippen LogP contribution is -2.53. The monoisotopic (exact) mass is 260 g/mol. The molecule has 0 amide bonds. The molecule has 0 bridgehead atoms. The van der Waals surface area contributed by atoms with Gasteiger partial charge in [-0.2, -0.15) is 0 Å². The highest BCUT2D eigenvalue weighted by Gasteiger charge is 2.34. The molecule has 2 saturated heterocycles. The van der Waals surface area contributed by atoms with Crippen molar-refractivity contribution in [3.05, 3.63) is 35.4 Å². The van der Waals surface area contributed by atoms with Crippen LogP contribution in [0, 0.1) is 6.92 Å². The number of rotatable bonds is 3. The number of nitrogens with two attached hydrogens (primary N) is 1. The van der Waals surface area contributed by atoms with Gasteiger partial charge in [0.1, 0.15) is 0 Å². The Hall–Kier alpha value is -0.900. The summed E-state index contributed by atoms with van der Waals surface area (Å²) >= 11 is 0. The SMILES string of the molecule is Cc1ccccc1CC(N)C1CN2CCCC2CO1. The van der Waals surface area contributed by atoms with Crippen molar-refractivity contribution in [2.24, 2.45) is 5.73 Å². The Labute approximate surface area is 115 Å². The number of morpholine rings is 1. The normalized spacial score (nSPS) is 29.2. The Kier molecular flexibility index (Phi) is 3.87. The maximum atomic E-state index is 6.38. The average Bonchev–Trinajstić information content (AvgIpc) is 2.88. The predicted octanol–water partition coefficient (Wildman–Crippen LogP) is 1.73. The van der Waals surface area contributed by atoms with Gasteiger partial charge < -0.3 is 10.5 Å². The van der Waals surface area contributed by atoms with Gasteiger partial charge in [0.15, 0.2) is 0 Å². The van der Waals surface area contributed by atoms with Crippen LogP contribution in [-0.4, -0.2) is 42.8 Å². The van der Waals surface area contributed by atoms with E-state index in [9.17, 15) is 0 Å². The smallest absolute Gasteiger partial charge is 0.0856 e. The third-order valence-corrected chi connectivity index (χ3v) is 4.61. The number of hydrogen-bond acceptors (Lipinski definition) is 3. The van der Waals surface area contributed by atoms with Crippen LogP contribution in [0.25, 0.3) is 0 Å². The standard InChI is InChI=1S/C16H24N2O/c1-12-5-2-3-6-13(12)9-15(17)16-10-18-8-4-7-14(18)11-19-16/h2-3,5-6,14-16H,4,7-11,17H2,1H3. The Morgan fingerprint density at radius 2 is 2.26 bits per heavy atom. The van der Waals surface area contributed by atoms with Crippen LogP contribution >= 0.6 is 0 Å². The molecule has 3 unspecified atom stereocenters. The first-order chi connectivity index (χ1) is 9.24. The topological polar surface area (TPSA) is 38.5 Å². The van der Waals surface area contributed by atoms with E-state index in [1.807, 2.05) is 0 Å². The zero-order chi connectivity index (χ0) is 13.2. The molecule has 2 fully saturated rings. The van der Waals surface area contributed by atoms with E-state index >= 15 is 0 Å². The fourth-order valence-electron chi connectivity index (χ4n) is 3.33. The summed E-state index contributed by atoms with van der Waals surface area (Å²) in [6, 6.07) is 9.25. The largest absolute Gasteiger partial charge is 0.374 e. The first-order valence-corrected chi connectivity index (χ1v) is 7.40. The molecule has 3 atom stereocenters. The summed E-state index contributed by atoms with van der Waals surface area (Å²) in [5, 5.41) is 0. The number of benzene rings is 1. The number of ether oxygens (including phenoxy) is 1. The number of fused-ring (bicyclic) bond motifs is 1. The number of hydrogen-bond donors (Lipinski definition) is 1. The van der Waals surface area contributed by atoms with Crippen molar-refractivity contribution < 1.29 is 4.74 Å². The van der Waals surface area contributed by atoms with Crippen LogP contribution < -0.4 is 5.73 Å². The molecular formula is C16H24N2O. The van der Waals surface area contributed by atoms with Crippen molar-refractivity contribution >= 4 is 0 Å². The fraction of sp³-hybridized carbons (Fsp3) is 0.625. The molecule has 0 aliphatic carbocycles. The van der Waals surface area contributed by atoms with Gasteiger partial charge in [-0.1, -0.05) is 24.3 Å². The summed E-state index contributed by atoms with van der Waals surface area (Å²) < 4.78 is 6.00. The molecule has 1 aromatic rings. The van der Waals surface area contributed by atoms with Crippen LogP contribution in [-0.2, 0) is 11.2 Å². The Morgan fingerprint density at radius 3 is 3.11 bits per heavy atom. The lowest BCUT2D eigenvalue weighted by Gasteiger charge is -2.37. The van der Waals surface area contributed by atoms with Gasteiger partial charge in [-0.05, 0) is 43.9 Å². The van der Waals surface area contributed by atoms with Gasteiger partial charge in [0.05, 0.1) is 12.7 Å². The van der Waals surface area contributed by atoms with E-state index < -0.39 is 0 Å². The van der Waals surface area contributed by atoms with Crippen LogP contribution in [0.1, 0.15) is 24.0 Å². The second kappa shape index (κ2) is 5.61. The van der Waals surface area contributed by atoms with E-state index in [1.54, 1.807) is 0 Å². The van der Waals surface area contributed by atoms with Crippen LogP contribution in [0.3, 0.4) is 0 Å². The van der Waals surface area contributed by atoms with E-state index in [2.05, 4.69) is 36.1 Å². The lowest BCUT2D eigenvalue weighted by molar-refractivity contribution is -0.0589. The molecule has 0 spiro atoms. The molecule has 0 radical (unpaired) electrons.